The van der Waals surface area contributed by atoms with Gasteiger partial charge < -0.3 is 9.32 Å². The van der Waals surface area contributed by atoms with Crippen molar-refractivity contribution < 1.29 is 9.21 Å². The van der Waals surface area contributed by atoms with Crippen LogP contribution in [0.3, 0.4) is 0 Å². The third-order valence-electron chi connectivity index (χ3n) is 5.25. The van der Waals surface area contributed by atoms with Gasteiger partial charge in [0.15, 0.2) is 0 Å². The van der Waals surface area contributed by atoms with Crippen LogP contribution in [0.15, 0.2) is 41.0 Å². The van der Waals surface area contributed by atoms with E-state index in [0.29, 0.717) is 18.7 Å². The van der Waals surface area contributed by atoms with E-state index in [9.17, 15) is 4.79 Å². The van der Waals surface area contributed by atoms with E-state index in [0.717, 1.165) is 53.5 Å². The van der Waals surface area contributed by atoms with Crippen LogP contribution >= 0.6 is 11.7 Å². The van der Waals surface area contributed by atoms with Crippen molar-refractivity contribution in [3.63, 3.8) is 0 Å². The molecule has 1 aliphatic rings. The number of hydrogen-bond acceptors (Lipinski definition) is 6. The van der Waals surface area contributed by atoms with Crippen LogP contribution in [-0.4, -0.2) is 29.3 Å². The van der Waals surface area contributed by atoms with Crippen LogP contribution in [0.2, 0.25) is 0 Å². The Balaban J connectivity index is 1.48. The number of rotatable bonds is 5. The number of aromatic nitrogens is 4. The lowest BCUT2D eigenvalue weighted by molar-refractivity contribution is 0.0715. The second kappa shape index (κ2) is 6.87. The number of nitrogens with zero attached hydrogens (tertiary/aromatic N) is 5. The molecule has 0 spiro atoms. The SMILES string of the molecule is Cn1nc(CN(Cc2ccco2)C(=O)c2ccc3nsnc3c2)c2c1CCC2. The Bertz CT molecular complexity index is 1140. The Morgan fingerprint density at radius 1 is 1.21 bits per heavy atom. The molecule has 0 radical (unpaired) electrons. The molecule has 0 N–H and O–H groups in total. The zero-order chi connectivity index (χ0) is 19.1. The van der Waals surface area contributed by atoms with Gasteiger partial charge in [-0.25, -0.2) is 0 Å². The molecule has 0 saturated heterocycles. The van der Waals surface area contributed by atoms with Gasteiger partial charge in [-0.2, -0.15) is 13.8 Å². The molecular weight excluding hydrogens is 374 g/mol. The topological polar surface area (TPSA) is 77.0 Å². The van der Waals surface area contributed by atoms with Gasteiger partial charge in [0.25, 0.3) is 5.91 Å². The third kappa shape index (κ3) is 2.99. The smallest absolute Gasteiger partial charge is 0.254 e. The number of carbonyl (C=O) groups excluding carboxylic acids is 1. The van der Waals surface area contributed by atoms with Gasteiger partial charge in [-0.05, 0) is 55.2 Å². The monoisotopic (exact) mass is 393 g/mol. The lowest BCUT2D eigenvalue weighted by Crippen LogP contribution is -2.30. The van der Waals surface area contributed by atoms with Crippen LogP contribution in [0.1, 0.15) is 39.5 Å². The van der Waals surface area contributed by atoms with Gasteiger partial charge in [0.05, 0.1) is 36.8 Å². The minimum Gasteiger partial charge on any atom is -0.467 e. The minimum absolute atomic E-state index is 0.0660. The van der Waals surface area contributed by atoms with Gasteiger partial charge in [-0.1, -0.05) is 0 Å². The van der Waals surface area contributed by atoms with E-state index < -0.39 is 0 Å². The Morgan fingerprint density at radius 3 is 2.96 bits per heavy atom. The molecule has 0 saturated carbocycles. The van der Waals surface area contributed by atoms with Crippen molar-refractivity contribution >= 4 is 28.7 Å². The van der Waals surface area contributed by atoms with E-state index in [1.54, 1.807) is 17.2 Å². The van der Waals surface area contributed by atoms with Gasteiger partial charge in [0.2, 0.25) is 0 Å². The van der Waals surface area contributed by atoms with Crippen molar-refractivity contribution in [3.05, 3.63) is 64.9 Å². The standard InChI is InChI=1S/C20H19N5O2S/c1-24-19-6-2-5-15(19)18(21-24)12-25(11-14-4-3-9-27-14)20(26)13-7-8-16-17(10-13)23-28-22-16/h3-4,7-10H,2,5-6,11-12H2,1H3. The van der Waals surface area contributed by atoms with Gasteiger partial charge in [-0.15, -0.1) is 0 Å². The Labute approximate surface area is 165 Å². The lowest BCUT2D eigenvalue weighted by Gasteiger charge is -2.21. The van der Waals surface area contributed by atoms with Crippen molar-refractivity contribution in [2.45, 2.75) is 32.4 Å². The molecule has 1 amide bonds. The predicted molar refractivity (Wildman–Crippen MR) is 105 cm³/mol. The van der Waals surface area contributed by atoms with Crippen molar-refractivity contribution in [1.29, 1.82) is 0 Å². The maximum absolute atomic E-state index is 13.4. The maximum atomic E-state index is 13.4. The van der Waals surface area contributed by atoms with E-state index in [2.05, 4.69) is 8.75 Å². The van der Waals surface area contributed by atoms with Gasteiger partial charge >= 0.3 is 0 Å². The molecule has 1 aliphatic carbocycles. The summed E-state index contributed by atoms with van der Waals surface area (Å²) in [6.45, 7) is 0.848. The van der Waals surface area contributed by atoms with Gasteiger partial charge in [-0.3, -0.25) is 9.48 Å². The highest BCUT2D eigenvalue weighted by atomic mass is 32.1. The molecule has 8 heteroatoms. The molecule has 1 aromatic carbocycles. The Hall–Kier alpha value is -3.00. The Kier molecular flexibility index (Phi) is 4.20. The molecule has 142 valence electrons. The van der Waals surface area contributed by atoms with Crippen LogP contribution in [0.4, 0.5) is 0 Å². The van der Waals surface area contributed by atoms with Crippen LogP contribution in [0.5, 0.6) is 0 Å². The van der Waals surface area contributed by atoms with Crippen molar-refractivity contribution in [1.82, 2.24) is 23.4 Å². The van der Waals surface area contributed by atoms with Crippen LogP contribution in [0, 0.1) is 0 Å². The highest BCUT2D eigenvalue weighted by molar-refractivity contribution is 7.00. The number of benzene rings is 1. The molecule has 0 fully saturated rings. The number of aryl methyl sites for hydroxylation is 1. The zero-order valence-electron chi connectivity index (χ0n) is 15.5. The summed E-state index contributed by atoms with van der Waals surface area (Å²) in [5, 5.41) is 4.69. The average Bonchev–Trinajstić information content (AvgIpc) is 3.48. The van der Waals surface area contributed by atoms with Crippen molar-refractivity contribution in [3.8, 4) is 0 Å². The fraction of sp³-hybridized carbons (Fsp3) is 0.300. The first-order valence-corrected chi connectivity index (χ1v) is 9.99. The summed E-state index contributed by atoms with van der Waals surface area (Å²) in [6, 6.07) is 9.18. The summed E-state index contributed by atoms with van der Waals surface area (Å²) < 4.78 is 15.9. The second-order valence-electron chi connectivity index (χ2n) is 7.06. The summed E-state index contributed by atoms with van der Waals surface area (Å²) in [5.41, 5.74) is 5.70. The van der Waals surface area contributed by atoms with E-state index in [1.165, 1.54) is 11.3 Å². The number of fused-ring (bicyclic) bond motifs is 2. The third-order valence-corrected chi connectivity index (χ3v) is 5.81. The molecule has 28 heavy (non-hydrogen) atoms. The number of amides is 1. The van der Waals surface area contributed by atoms with E-state index in [4.69, 9.17) is 9.52 Å². The highest BCUT2D eigenvalue weighted by Gasteiger charge is 2.25. The first-order chi connectivity index (χ1) is 13.7. The Morgan fingerprint density at radius 2 is 2.11 bits per heavy atom. The molecular formula is C20H19N5O2S. The first kappa shape index (κ1) is 17.1. The molecule has 4 aromatic rings. The summed E-state index contributed by atoms with van der Waals surface area (Å²) >= 11 is 1.15. The summed E-state index contributed by atoms with van der Waals surface area (Å²) in [5.74, 6) is 0.682. The molecule has 0 unspecified atom stereocenters. The van der Waals surface area contributed by atoms with E-state index >= 15 is 0 Å². The largest absolute Gasteiger partial charge is 0.467 e. The van der Waals surface area contributed by atoms with E-state index in [-0.39, 0.29) is 5.91 Å². The first-order valence-electron chi connectivity index (χ1n) is 9.26. The van der Waals surface area contributed by atoms with Gasteiger partial charge in [0.1, 0.15) is 16.8 Å². The molecule has 0 atom stereocenters. The molecule has 3 aromatic heterocycles. The quantitative estimate of drug-likeness (QED) is 0.520. The molecule has 5 rings (SSSR count). The van der Waals surface area contributed by atoms with Crippen LogP contribution in [-0.2, 0) is 33.0 Å². The fourth-order valence-corrected chi connectivity index (χ4v) is 4.41. The fourth-order valence-electron chi connectivity index (χ4n) is 3.89. The van der Waals surface area contributed by atoms with Crippen LogP contribution < -0.4 is 0 Å². The van der Waals surface area contributed by atoms with Crippen molar-refractivity contribution in [2.75, 3.05) is 0 Å². The molecule has 7 nitrogen and oxygen atoms in total. The number of furan rings is 1. The van der Waals surface area contributed by atoms with Crippen molar-refractivity contribution in [2.24, 2.45) is 7.05 Å². The lowest BCUT2D eigenvalue weighted by atomic mass is 10.1. The normalized spacial score (nSPS) is 13.2. The second-order valence-corrected chi connectivity index (χ2v) is 7.59. The molecule has 0 aliphatic heterocycles. The zero-order valence-corrected chi connectivity index (χ0v) is 16.3. The van der Waals surface area contributed by atoms with E-state index in [1.807, 2.05) is 36.0 Å². The van der Waals surface area contributed by atoms with Gasteiger partial charge in [0, 0.05) is 18.3 Å². The average molecular weight is 393 g/mol. The van der Waals surface area contributed by atoms with Crippen LogP contribution in [0.25, 0.3) is 11.0 Å². The maximum Gasteiger partial charge on any atom is 0.254 e. The highest BCUT2D eigenvalue weighted by Crippen LogP contribution is 2.26. The number of hydrogen-bond donors (Lipinski definition) is 0. The minimum atomic E-state index is -0.0660. The summed E-state index contributed by atoms with van der Waals surface area (Å²) in [6.07, 6.45) is 4.85. The summed E-state index contributed by atoms with van der Waals surface area (Å²) in [7, 11) is 1.98. The molecule has 3 heterocycles. The predicted octanol–water partition coefficient (Wildman–Crippen LogP) is 3.35. The summed E-state index contributed by atoms with van der Waals surface area (Å²) in [4.78, 5) is 15.1. The number of carbonyl (C=O) groups is 1. The molecule has 0 bridgehead atoms.